The first-order valence-corrected chi connectivity index (χ1v) is 13.2. The molecule has 3 aromatic rings. The van der Waals surface area contributed by atoms with Crippen LogP contribution in [0.2, 0.25) is 0 Å². The first-order valence-electron chi connectivity index (χ1n) is 13.2. The number of nitrogens with one attached hydrogen (secondary N) is 3. The summed E-state index contributed by atoms with van der Waals surface area (Å²) in [6, 6.07) is 5.80. The number of amides is 1. The van der Waals surface area contributed by atoms with E-state index in [2.05, 4.69) is 32.4 Å². The van der Waals surface area contributed by atoms with Crippen molar-refractivity contribution in [2.45, 2.75) is 44.6 Å². The maximum Gasteiger partial charge on any atom is 0.406 e. The lowest BCUT2D eigenvalue weighted by Gasteiger charge is -2.21. The van der Waals surface area contributed by atoms with Crippen molar-refractivity contribution in [3.05, 3.63) is 89.5 Å². The minimum absolute atomic E-state index is 0.0120. The third kappa shape index (κ3) is 7.38. The van der Waals surface area contributed by atoms with Crippen LogP contribution in [0.5, 0.6) is 0 Å². The van der Waals surface area contributed by atoms with Gasteiger partial charge >= 0.3 is 6.18 Å². The second-order valence-corrected chi connectivity index (χ2v) is 9.70. The van der Waals surface area contributed by atoms with Crippen LogP contribution in [-0.2, 0) is 17.9 Å². The highest BCUT2D eigenvalue weighted by Crippen LogP contribution is 2.48. The summed E-state index contributed by atoms with van der Waals surface area (Å²) in [5.74, 6) is -1.38. The van der Waals surface area contributed by atoms with Gasteiger partial charge in [0, 0.05) is 25.0 Å². The molecule has 14 heteroatoms. The minimum atomic E-state index is -4.39. The summed E-state index contributed by atoms with van der Waals surface area (Å²) in [7, 11) is 0. The fourth-order valence-corrected chi connectivity index (χ4v) is 4.41. The molecule has 0 aromatic carbocycles. The topological polar surface area (TPSA) is 114 Å². The monoisotopic (exact) mass is 600 g/mol. The van der Waals surface area contributed by atoms with Crippen molar-refractivity contribution in [1.29, 1.82) is 5.41 Å². The molecule has 3 heterocycles. The Kier molecular flexibility index (Phi) is 9.49. The van der Waals surface area contributed by atoms with E-state index >= 15 is 0 Å². The number of hydrogen-bond acceptors (Lipinski definition) is 6. The van der Waals surface area contributed by atoms with Crippen molar-refractivity contribution >= 4 is 24.3 Å². The van der Waals surface area contributed by atoms with Gasteiger partial charge < -0.3 is 10.6 Å². The van der Waals surface area contributed by atoms with E-state index in [9.17, 15) is 26.7 Å². The van der Waals surface area contributed by atoms with E-state index in [4.69, 9.17) is 5.41 Å². The van der Waals surface area contributed by atoms with Gasteiger partial charge in [0.25, 0.3) is 0 Å². The molecule has 0 saturated heterocycles. The summed E-state index contributed by atoms with van der Waals surface area (Å²) in [5.41, 5.74) is 0.442. The normalized spacial score (nSPS) is 14.9. The lowest BCUT2D eigenvalue weighted by molar-refractivity contribution is -0.165. The molecule has 0 aliphatic heterocycles. The Morgan fingerprint density at radius 3 is 2.60 bits per heavy atom. The third-order valence-electron chi connectivity index (χ3n) is 6.79. The molecule has 0 bridgehead atoms. The molecule has 0 unspecified atom stereocenters. The van der Waals surface area contributed by atoms with Crippen molar-refractivity contribution in [1.82, 2.24) is 35.2 Å². The quantitative estimate of drug-likeness (QED) is 0.113. The first kappa shape index (κ1) is 31.2. The van der Waals surface area contributed by atoms with Gasteiger partial charge in [0.1, 0.15) is 22.5 Å². The molecule has 1 aliphatic rings. The SMILES string of the molecule is C=C(F)/C=C\C(=C/C)c1nn(CCNC2(C(F)(F)F)CC2)c(CNC=O)c1-c1ccc(=N)n(/C=C/c2ccnc(F)c2)n1. The summed E-state index contributed by atoms with van der Waals surface area (Å²) in [6.45, 7) is 4.83. The highest BCUT2D eigenvalue weighted by atomic mass is 19.4. The van der Waals surface area contributed by atoms with Crippen molar-refractivity contribution < 1.29 is 26.7 Å². The van der Waals surface area contributed by atoms with E-state index in [0.29, 0.717) is 40.2 Å². The number of carbonyl (C=O) groups excluding carboxylic acids is 1. The fraction of sp³-hybridized carbons (Fsp3) is 0.276. The van der Waals surface area contributed by atoms with E-state index < -0.39 is 23.5 Å². The fourth-order valence-electron chi connectivity index (χ4n) is 4.41. The third-order valence-corrected chi connectivity index (χ3v) is 6.79. The molecule has 3 aromatic heterocycles. The van der Waals surface area contributed by atoms with Gasteiger partial charge in [-0.2, -0.15) is 27.8 Å². The molecule has 1 amide bonds. The molecular formula is C29H29F5N8O. The van der Waals surface area contributed by atoms with E-state index in [1.54, 1.807) is 25.1 Å². The van der Waals surface area contributed by atoms with Crippen LogP contribution in [0.25, 0.3) is 29.1 Å². The van der Waals surface area contributed by atoms with E-state index in [-0.39, 0.29) is 38.0 Å². The molecule has 43 heavy (non-hydrogen) atoms. The van der Waals surface area contributed by atoms with Crippen LogP contribution >= 0.6 is 0 Å². The Morgan fingerprint density at radius 1 is 1.21 bits per heavy atom. The lowest BCUT2D eigenvalue weighted by atomic mass is 10.0. The second-order valence-electron chi connectivity index (χ2n) is 9.70. The number of carbonyl (C=O) groups is 1. The van der Waals surface area contributed by atoms with Crippen LogP contribution in [0.4, 0.5) is 22.0 Å². The van der Waals surface area contributed by atoms with Gasteiger partial charge in [0.05, 0.1) is 30.0 Å². The van der Waals surface area contributed by atoms with E-state index in [0.717, 1.165) is 6.08 Å². The Bertz CT molecular complexity index is 1650. The summed E-state index contributed by atoms with van der Waals surface area (Å²) in [6.07, 6.45) is 4.58. The van der Waals surface area contributed by atoms with Crippen molar-refractivity contribution in [2.75, 3.05) is 6.54 Å². The zero-order valence-corrected chi connectivity index (χ0v) is 23.1. The highest BCUT2D eigenvalue weighted by Gasteiger charge is 2.62. The maximum atomic E-state index is 13.6. The van der Waals surface area contributed by atoms with Gasteiger partial charge in [-0.25, -0.2) is 14.1 Å². The van der Waals surface area contributed by atoms with E-state index in [1.165, 1.54) is 46.0 Å². The first-order chi connectivity index (χ1) is 20.5. The number of alkyl halides is 3. The number of rotatable bonds is 13. The van der Waals surface area contributed by atoms with Crippen molar-refractivity contribution in [3.8, 4) is 11.3 Å². The molecule has 226 valence electrons. The highest BCUT2D eigenvalue weighted by molar-refractivity contribution is 5.84. The van der Waals surface area contributed by atoms with Crippen LogP contribution in [0, 0.1) is 11.4 Å². The number of aromatic nitrogens is 5. The predicted octanol–water partition coefficient (Wildman–Crippen LogP) is 4.76. The van der Waals surface area contributed by atoms with Crippen LogP contribution in [0.1, 0.15) is 36.7 Å². The summed E-state index contributed by atoms with van der Waals surface area (Å²) in [5, 5.41) is 22.7. The van der Waals surface area contributed by atoms with Crippen molar-refractivity contribution in [2.24, 2.45) is 0 Å². The number of hydrogen-bond donors (Lipinski definition) is 3. The van der Waals surface area contributed by atoms with Crippen molar-refractivity contribution in [3.63, 3.8) is 0 Å². The van der Waals surface area contributed by atoms with Gasteiger partial charge in [-0.1, -0.05) is 18.7 Å². The average Bonchev–Trinajstić information content (AvgIpc) is 3.68. The Labute approximate surface area is 243 Å². The average molecular weight is 601 g/mol. The standard InChI is InChI=1S/C29H29F5N8O/c1-3-21(5-4-19(2)30)27-26(22-6-7-25(35)42(39-22)14-9-20-8-12-37-24(31)16-20)23(17-36-18-43)41(40-27)15-13-38-28(10-11-28)29(32,33)34/h3-9,12,14,16,18,35,38H,2,10-11,13,15,17H2,1H3,(H,36,43)/b5-4-,14-9+,21-3+,35-25?. The van der Waals surface area contributed by atoms with Gasteiger partial charge in [0.15, 0.2) is 0 Å². The van der Waals surface area contributed by atoms with Crippen LogP contribution < -0.4 is 16.1 Å². The Hall–Kier alpha value is -4.72. The van der Waals surface area contributed by atoms with Crippen LogP contribution in [0.3, 0.4) is 0 Å². The Balaban J connectivity index is 1.81. The van der Waals surface area contributed by atoms with Crippen LogP contribution in [0.15, 0.2) is 61.1 Å². The molecule has 0 radical (unpaired) electrons. The number of nitrogens with zero attached hydrogens (tertiary/aromatic N) is 5. The second kappa shape index (κ2) is 13.1. The maximum absolute atomic E-state index is 13.6. The number of allylic oxidation sites excluding steroid dienone is 5. The van der Waals surface area contributed by atoms with Gasteiger partial charge in [-0.3, -0.25) is 14.9 Å². The number of pyridine rings is 1. The van der Waals surface area contributed by atoms with Gasteiger partial charge in [-0.15, -0.1) is 0 Å². The largest absolute Gasteiger partial charge is 0.406 e. The summed E-state index contributed by atoms with van der Waals surface area (Å²) >= 11 is 0. The summed E-state index contributed by atoms with van der Waals surface area (Å²) in [4.78, 5) is 14.8. The van der Waals surface area contributed by atoms with E-state index in [1.807, 2.05) is 0 Å². The zero-order chi connectivity index (χ0) is 31.2. The zero-order valence-electron chi connectivity index (χ0n) is 23.1. The molecule has 0 atom stereocenters. The molecule has 9 nitrogen and oxygen atoms in total. The minimum Gasteiger partial charge on any atom is -0.353 e. The number of halogens is 5. The lowest BCUT2D eigenvalue weighted by Crippen LogP contribution is -2.46. The van der Waals surface area contributed by atoms with Gasteiger partial charge in [-0.05, 0) is 61.3 Å². The molecular weight excluding hydrogens is 571 g/mol. The molecule has 1 saturated carbocycles. The molecule has 3 N–H and O–H groups in total. The molecule has 4 rings (SSSR count). The van der Waals surface area contributed by atoms with Gasteiger partial charge in [0.2, 0.25) is 12.4 Å². The predicted molar refractivity (Wildman–Crippen MR) is 151 cm³/mol. The Morgan fingerprint density at radius 2 is 1.98 bits per heavy atom. The molecule has 1 aliphatic carbocycles. The molecule has 0 spiro atoms. The molecule has 1 fully saturated rings. The summed E-state index contributed by atoms with van der Waals surface area (Å²) < 4.78 is 70.3. The van der Waals surface area contributed by atoms with Crippen LogP contribution in [-0.4, -0.2) is 49.2 Å². The smallest absolute Gasteiger partial charge is 0.353 e.